The topological polar surface area (TPSA) is 0 Å². The first kappa shape index (κ1) is 29.2. The quantitative estimate of drug-likeness (QED) is 0.166. The fourth-order valence-corrected chi connectivity index (χ4v) is 9.36. The van der Waals surface area contributed by atoms with E-state index in [1.807, 2.05) is 32.1 Å². The first-order valence-corrected chi connectivity index (χ1v) is 15.5. The fourth-order valence-electron chi connectivity index (χ4n) is 4.42. The largest absolute Gasteiger partial charge is 2.00 e. The molecule has 4 aromatic rings. The molecule has 10 radical (unpaired) electrons. The van der Waals surface area contributed by atoms with Crippen LogP contribution in [-0.2, 0) is 17.1 Å². The molecule has 0 nitrogen and oxygen atoms in total. The van der Waals surface area contributed by atoms with Crippen LogP contribution in [0.1, 0.15) is 0 Å². The summed E-state index contributed by atoms with van der Waals surface area (Å²) in [4.78, 5) is 0. The molecule has 0 aliphatic heterocycles. The second-order valence-electron chi connectivity index (χ2n) is 8.66. The average Bonchev–Trinajstić information content (AvgIpc) is 3.70. The molecule has 2 aliphatic carbocycles. The molecule has 0 unspecified atom stereocenters. The van der Waals surface area contributed by atoms with Crippen LogP contribution in [0.5, 0.6) is 0 Å². The molecule has 0 atom stereocenters. The Labute approximate surface area is 243 Å². The minimum absolute atomic E-state index is 0. The van der Waals surface area contributed by atoms with Crippen molar-refractivity contribution in [3.63, 3.8) is 0 Å². The van der Waals surface area contributed by atoms with E-state index in [2.05, 4.69) is 141 Å². The van der Waals surface area contributed by atoms with Crippen molar-refractivity contribution in [2.75, 3.05) is 6.16 Å². The van der Waals surface area contributed by atoms with Crippen LogP contribution in [0.15, 0.2) is 121 Å². The molecular formula is C35H30FeP2+2. The Balaban J connectivity index is 0.000000504. The number of hydrogen-bond acceptors (Lipinski definition) is 0. The normalized spacial score (nSPS) is 15.7. The number of benzene rings is 4. The minimum Gasteiger partial charge on any atom is -0.0622 e. The zero-order chi connectivity index (χ0) is 25.1. The Morgan fingerprint density at radius 2 is 0.763 bits per heavy atom. The van der Waals surface area contributed by atoms with Gasteiger partial charge in [-0.15, -0.1) is 0 Å². The van der Waals surface area contributed by atoms with Crippen LogP contribution < -0.4 is 21.2 Å². The molecule has 2 fully saturated rings. The molecule has 2 saturated carbocycles. The van der Waals surface area contributed by atoms with Crippen LogP contribution >= 0.6 is 15.8 Å². The van der Waals surface area contributed by atoms with Gasteiger partial charge in [0.25, 0.3) is 0 Å². The Kier molecular flexibility index (Phi) is 12.1. The van der Waals surface area contributed by atoms with Crippen molar-refractivity contribution in [2.45, 2.75) is 0 Å². The van der Waals surface area contributed by atoms with Crippen molar-refractivity contribution < 1.29 is 17.1 Å². The van der Waals surface area contributed by atoms with Gasteiger partial charge in [-0.05, 0) is 101 Å². The van der Waals surface area contributed by atoms with Gasteiger partial charge in [-0.25, -0.2) is 0 Å². The van der Waals surface area contributed by atoms with E-state index < -0.39 is 15.8 Å². The summed E-state index contributed by atoms with van der Waals surface area (Å²) in [6.07, 6.45) is 18.0. The van der Waals surface area contributed by atoms with E-state index in [1.54, 1.807) is 0 Å². The van der Waals surface area contributed by atoms with Crippen molar-refractivity contribution >= 4 is 37.1 Å². The molecular weight excluding hydrogens is 538 g/mol. The maximum Gasteiger partial charge on any atom is 2.00 e. The molecule has 2 aliphatic rings. The van der Waals surface area contributed by atoms with Crippen LogP contribution in [0.3, 0.4) is 0 Å². The first-order chi connectivity index (χ1) is 18.4. The summed E-state index contributed by atoms with van der Waals surface area (Å²) in [5.74, 6) is 1.47. The molecule has 0 spiro atoms. The SMILES string of the molecule is [CH]1[CH][CH][CH][CH]1.[CH]1[CH][C](CP(c2ccccc2)c2ccccc2)[C](P(c2ccccc2)c2ccccc2)[CH]1.[Fe+2]. The third-order valence-electron chi connectivity index (χ3n) is 6.17. The van der Waals surface area contributed by atoms with Crippen LogP contribution in [-0.4, -0.2) is 6.16 Å². The molecule has 186 valence electrons. The maximum absolute atomic E-state index is 2.35. The van der Waals surface area contributed by atoms with Gasteiger partial charge in [0.2, 0.25) is 0 Å². The number of rotatable bonds is 7. The molecule has 0 bridgehead atoms. The van der Waals surface area contributed by atoms with Gasteiger partial charge in [-0.1, -0.05) is 121 Å². The Hall–Kier alpha value is -1.74. The van der Waals surface area contributed by atoms with Gasteiger partial charge in [-0.2, -0.15) is 0 Å². The van der Waals surface area contributed by atoms with Gasteiger partial charge < -0.3 is 0 Å². The molecule has 0 saturated heterocycles. The van der Waals surface area contributed by atoms with Crippen LogP contribution in [0.2, 0.25) is 0 Å². The van der Waals surface area contributed by atoms with Gasteiger partial charge in [0.15, 0.2) is 0 Å². The Bertz CT molecular complexity index is 1080. The molecule has 4 aromatic carbocycles. The van der Waals surface area contributed by atoms with Gasteiger partial charge in [-0.3, -0.25) is 0 Å². The van der Waals surface area contributed by atoms with E-state index >= 15 is 0 Å². The molecule has 0 amide bonds. The van der Waals surface area contributed by atoms with Crippen LogP contribution in [0.25, 0.3) is 0 Å². The molecule has 38 heavy (non-hydrogen) atoms. The van der Waals surface area contributed by atoms with Crippen molar-refractivity contribution in [1.82, 2.24) is 0 Å². The van der Waals surface area contributed by atoms with Crippen molar-refractivity contribution in [3.8, 4) is 0 Å². The van der Waals surface area contributed by atoms with Gasteiger partial charge in [0.05, 0.1) is 0 Å². The molecule has 0 heterocycles. The van der Waals surface area contributed by atoms with E-state index in [1.165, 1.54) is 32.8 Å². The Morgan fingerprint density at radius 1 is 0.395 bits per heavy atom. The zero-order valence-electron chi connectivity index (χ0n) is 21.1. The third-order valence-corrected chi connectivity index (χ3v) is 11.2. The first-order valence-electron chi connectivity index (χ1n) is 12.6. The predicted octanol–water partition coefficient (Wildman–Crippen LogP) is 7.00. The maximum atomic E-state index is 2.35. The molecule has 0 aromatic heterocycles. The summed E-state index contributed by atoms with van der Waals surface area (Å²) >= 11 is 0. The second-order valence-corrected chi connectivity index (χ2v) is 13.1. The minimum atomic E-state index is -0.588. The van der Waals surface area contributed by atoms with E-state index in [0.717, 1.165) is 6.16 Å². The summed E-state index contributed by atoms with van der Waals surface area (Å²) in [7, 11) is -1.06. The van der Waals surface area contributed by atoms with Crippen molar-refractivity contribution in [3.05, 3.63) is 184 Å². The summed E-state index contributed by atoms with van der Waals surface area (Å²) in [5, 5.41) is 5.68. The summed E-state index contributed by atoms with van der Waals surface area (Å²) < 4.78 is 0. The zero-order valence-corrected chi connectivity index (χ0v) is 24.0. The Morgan fingerprint density at radius 3 is 1.16 bits per heavy atom. The molecule has 3 heteroatoms. The summed E-state index contributed by atoms with van der Waals surface area (Å²) in [6.45, 7) is 0. The monoisotopic (exact) mass is 568 g/mol. The summed E-state index contributed by atoms with van der Waals surface area (Å²) in [6, 6.07) is 44.1. The van der Waals surface area contributed by atoms with Gasteiger partial charge in [0.1, 0.15) is 0 Å². The standard InChI is InChI=1S/C30H25P2.C5H5.Fe/c1-5-15-26(16-6-1)31(27-17-7-2-8-18-27)24-25-14-13-23-30(25)32(28-19-9-3-10-20-28)29-21-11-4-12-22-29;1-2-4-5-3-1;/h1-23H,24H2;1-5H;/q;;+2. The smallest absolute Gasteiger partial charge is 0.0622 e. The van der Waals surface area contributed by atoms with Crippen molar-refractivity contribution in [1.29, 1.82) is 0 Å². The summed E-state index contributed by atoms with van der Waals surface area (Å²) in [5.41, 5.74) is 1.48. The van der Waals surface area contributed by atoms with E-state index in [4.69, 9.17) is 0 Å². The van der Waals surface area contributed by atoms with E-state index in [-0.39, 0.29) is 17.1 Å². The average molecular weight is 568 g/mol. The van der Waals surface area contributed by atoms with E-state index in [0.29, 0.717) is 0 Å². The predicted molar refractivity (Wildman–Crippen MR) is 164 cm³/mol. The third kappa shape index (κ3) is 7.90. The van der Waals surface area contributed by atoms with Crippen LogP contribution in [0.4, 0.5) is 0 Å². The number of hydrogen-bond donors (Lipinski definition) is 0. The molecule has 6 rings (SSSR count). The van der Waals surface area contributed by atoms with Gasteiger partial charge >= 0.3 is 17.1 Å². The van der Waals surface area contributed by atoms with Gasteiger partial charge in [0, 0.05) is 5.66 Å². The van der Waals surface area contributed by atoms with E-state index in [9.17, 15) is 0 Å². The van der Waals surface area contributed by atoms with Crippen LogP contribution in [0, 0.1) is 62.9 Å². The van der Waals surface area contributed by atoms with Crippen molar-refractivity contribution in [2.24, 2.45) is 0 Å². The fraction of sp³-hybridized carbons (Fsp3) is 0.0286. The second kappa shape index (κ2) is 15.8. The molecule has 0 N–H and O–H groups in total.